The molecular formula is C20H17N5O3. The van der Waals surface area contributed by atoms with E-state index in [1.165, 1.54) is 0 Å². The molecule has 0 saturated carbocycles. The lowest BCUT2D eigenvalue weighted by Crippen LogP contribution is -2.26. The highest BCUT2D eigenvalue weighted by Crippen LogP contribution is 2.18. The van der Waals surface area contributed by atoms with Gasteiger partial charge in [-0.05, 0) is 38.1 Å². The van der Waals surface area contributed by atoms with Crippen LogP contribution < -0.4 is 5.56 Å². The van der Waals surface area contributed by atoms with Crippen LogP contribution in [0.5, 0.6) is 0 Å². The number of hydrogen-bond acceptors (Lipinski definition) is 6. The zero-order valence-electron chi connectivity index (χ0n) is 15.4. The van der Waals surface area contributed by atoms with Crippen LogP contribution in [0.3, 0.4) is 0 Å². The predicted molar refractivity (Wildman–Crippen MR) is 102 cm³/mol. The first-order valence-corrected chi connectivity index (χ1v) is 8.67. The summed E-state index contributed by atoms with van der Waals surface area (Å²) in [6.07, 6.45) is 0. The van der Waals surface area contributed by atoms with Crippen molar-refractivity contribution in [3.05, 3.63) is 81.9 Å². The zero-order valence-corrected chi connectivity index (χ0v) is 15.4. The second-order valence-corrected chi connectivity index (χ2v) is 6.27. The van der Waals surface area contributed by atoms with E-state index < -0.39 is 5.97 Å². The van der Waals surface area contributed by atoms with Crippen LogP contribution in [0, 0.1) is 13.8 Å². The van der Waals surface area contributed by atoms with Gasteiger partial charge in [0.05, 0.1) is 22.5 Å². The number of carbonyl (C=O) groups excluding carboxylic acids is 1. The third-order valence-corrected chi connectivity index (χ3v) is 4.44. The molecule has 0 radical (unpaired) electrons. The molecule has 4 aromatic rings. The Bertz CT molecular complexity index is 1230. The molecule has 2 aromatic heterocycles. The Morgan fingerprint density at radius 3 is 2.54 bits per heavy atom. The summed E-state index contributed by atoms with van der Waals surface area (Å²) in [5, 5.41) is 12.7. The van der Waals surface area contributed by atoms with E-state index in [1.54, 1.807) is 42.8 Å². The summed E-state index contributed by atoms with van der Waals surface area (Å²) >= 11 is 0. The molecule has 0 fully saturated rings. The number of para-hydroxylation sites is 1. The maximum Gasteiger partial charge on any atom is 0.343 e. The van der Waals surface area contributed by atoms with Crippen LogP contribution in [-0.2, 0) is 11.5 Å². The minimum absolute atomic E-state index is 0.328. The number of hydrogen-bond donors (Lipinski definition) is 0. The number of aromatic nitrogens is 5. The highest BCUT2D eigenvalue weighted by Gasteiger charge is 2.21. The van der Waals surface area contributed by atoms with Crippen molar-refractivity contribution in [2.45, 2.75) is 20.6 Å². The van der Waals surface area contributed by atoms with Crippen LogP contribution in [0.25, 0.3) is 16.6 Å². The molecule has 8 nitrogen and oxygen atoms in total. The van der Waals surface area contributed by atoms with Crippen molar-refractivity contribution in [2.24, 2.45) is 0 Å². The Hall–Kier alpha value is -3.81. The largest absolute Gasteiger partial charge is 0.438 e. The van der Waals surface area contributed by atoms with Crippen molar-refractivity contribution < 1.29 is 9.53 Å². The third-order valence-electron chi connectivity index (χ3n) is 4.44. The third kappa shape index (κ3) is 3.05. The summed E-state index contributed by atoms with van der Waals surface area (Å²) < 4.78 is 8.03. The molecule has 0 amide bonds. The van der Waals surface area contributed by atoms with Crippen molar-refractivity contribution in [2.75, 3.05) is 0 Å². The Morgan fingerprint density at radius 2 is 1.75 bits per heavy atom. The van der Waals surface area contributed by atoms with E-state index in [0.29, 0.717) is 27.9 Å². The summed E-state index contributed by atoms with van der Waals surface area (Å²) in [5.74, 6) is -0.570. The van der Waals surface area contributed by atoms with Gasteiger partial charge in [-0.2, -0.15) is 9.78 Å². The summed E-state index contributed by atoms with van der Waals surface area (Å²) in [5.41, 5.74) is 2.54. The van der Waals surface area contributed by atoms with E-state index in [1.807, 2.05) is 30.3 Å². The summed E-state index contributed by atoms with van der Waals surface area (Å²) in [6.45, 7) is 3.21. The second kappa shape index (κ2) is 7.07. The fraction of sp³-hybridized carbons (Fsp3) is 0.150. The van der Waals surface area contributed by atoms with E-state index in [0.717, 1.165) is 10.4 Å². The number of carbonyl (C=O) groups is 1. The number of nitrogens with zero attached hydrogens (tertiary/aromatic N) is 5. The second-order valence-electron chi connectivity index (χ2n) is 6.27. The van der Waals surface area contributed by atoms with E-state index in [9.17, 15) is 9.59 Å². The molecule has 8 heteroatoms. The number of rotatable bonds is 4. The average molecular weight is 375 g/mol. The van der Waals surface area contributed by atoms with Gasteiger partial charge in [0, 0.05) is 0 Å². The minimum Gasteiger partial charge on any atom is -0.438 e. The Balaban J connectivity index is 1.59. The molecule has 2 heterocycles. The van der Waals surface area contributed by atoms with Gasteiger partial charge in [0.2, 0.25) is 0 Å². The van der Waals surface area contributed by atoms with Gasteiger partial charge in [-0.1, -0.05) is 35.5 Å². The van der Waals surface area contributed by atoms with Crippen LogP contribution in [0.15, 0.2) is 59.4 Å². The van der Waals surface area contributed by atoms with Crippen molar-refractivity contribution in [1.82, 2.24) is 24.8 Å². The first kappa shape index (κ1) is 17.6. The summed E-state index contributed by atoms with van der Waals surface area (Å²) in [4.78, 5) is 25.1. The lowest BCUT2D eigenvalue weighted by atomic mass is 10.2. The molecule has 0 atom stereocenters. The number of ether oxygens (including phenoxy) is 1. The van der Waals surface area contributed by atoms with E-state index in [2.05, 4.69) is 15.4 Å². The van der Waals surface area contributed by atoms with Crippen LogP contribution >= 0.6 is 0 Å². The van der Waals surface area contributed by atoms with Gasteiger partial charge >= 0.3 is 5.97 Å². The topological polar surface area (TPSA) is 91.9 Å². The Kier molecular flexibility index (Phi) is 4.44. The Labute approximate surface area is 160 Å². The molecule has 0 N–H and O–H groups in total. The lowest BCUT2D eigenvalue weighted by Gasteiger charge is -2.07. The normalized spacial score (nSPS) is 10.9. The molecule has 0 bridgehead atoms. The molecule has 0 aliphatic rings. The maximum absolute atomic E-state index is 12.6. The molecule has 0 spiro atoms. The quantitative estimate of drug-likeness (QED) is 0.509. The van der Waals surface area contributed by atoms with E-state index >= 15 is 0 Å². The fourth-order valence-corrected chi connectivity index (χ4v) is 3.06. The average Bonchev–Trinajstić information content (AvgIpc) is 3.02. The molecule has 4 rings (SSSR count). The molecule has 0 saturated heterocycles. The van der Waals surface area contributed by atoms with Gasteiger partial charge in [-0.15, -0.1) is 5.10 Å². The van der Waals surface area contributed by atoms with Crippen LogP contribution in [0.2, 0.25) is 0 Å². The SMILES string of the molecule is Cc1nn(-c2ccccc2)c(C)c1C(=O)OCn1nnc2ccccc2c1=O. The van der Waals surface area contributed by atoms with E-state index in [-0.39, 0.29) is 12.3 Å². The van der Waals surface area contributed by atoms with Gasteiger partial charge < -0.3 is 4.74 Å². The zero-order chi connectivity index (χ0) is 19.7. The first-order valence-electron chi connectivity index (χ1n) is 8.67. The Morgan fingerprint density at radius 1 is 1.04 bits per heavy atom. The highest BCUT2D eigenvalue weighted by molar-refractivity contribution is 5.92. The standard InChI is InChI=1S/C20H17N5O3/c1-13-18(14(2)25(22-13)15-8-4-3-5-9-15)20(27)28-12-24-19(26)16-10-6-7-11-17(16)21-23-24/h3-11H,12H2,1-2H3. The highest BCUT2D eigenvalue weighted by atomic mass is 16.5. The molecule has 28 heavy (non-hydrogen) atoms. The predicted octanol–water partition coefficient (Wildman–Crippen LogP) is 2.41. The van der Waals surface area contributed by atoms with Gasteiger partial charge in [-0.3, -0.25) is 4.79 Å². The summed E-state index contributed by atoms with van der Waals surface area (Å²) in [7, 11) is 0. The smallest absolute Gasteiger partial charge is 0.343 e. The summed E-state index contributed by atoms with van der Waals surface area (Å²) in [6, 6.07) is 16.4. The van der Waals surface area contributed by atoms with Crippen molar-refractivity contribution in [3.63, 3.8) is 0 Å². The van der Waals surface area contributed by atoms with Crippen LogP contribution in [0.4, 0.5) is 0 Å². The van der Waals surface area contributed by atoms with E-state index in [4.69, 9.17) is 4.74 Å². The number of benzene rings is 2. The molecular weight excluding hydrogens is 358 g/mol. The maximum atomic E-state index is 12.6. The van der Waals surface area contributed by atoms with Crippen LogP contribution in [-0.4, -0.2) is 30.7 Å². The number of esters is 1. The van der Waals surface area contributed by atoms with Gasteiger partial charge in [0.15, 0.2) is 6.73 Å². The van der Waals surface area contributed by atoms with Crippen molar-refractivity contribution in [1.29, 1.82) is 0 Å². The monoisotopic (exact) mass is 375 g/mol. The lowest BCUT2D eigenvalue weighted by molar-refractivity contribution is 0.0334. The molecule has 140 valence electrons. The van der Waals surface area contributed by atoms with Gasteiger partial charge in [0.1, 0.15) is 11.1 Å². The molecule has 2 aromatic carbocycles. The number of aryl methyl sites for hydroxylation is 1. The van der Waals surface area contributed by atoms with Gasteiger partial charge in [0.25, 0.3) is 5.56 Å². The fourth-order valence-electron chi connectivity index (χ4n) is 3.06. The van der Waals surface area contributed by atoms with Crippen molar-refractivity contribution >= 4 is 16.9 Å². The van der Waals surface area contributed by atoms with Crippen molar-refractivity contribution in [3.8, 4) is 5.69 Å². The minimum atomic E-state index is -0.570. The first-order chi connectivity index (χ1) is 13.6. The molecule has 0 aliphatic carbocycles. The van der Waals surface area contributed by atoms with Crippen LogP contribution in [0.1, 0.15) is 21.7 Å². The molecule has 0 aliphatic heterocycles. The molecule has 0 unspecified atom stereocenters. The van der Waals surface area contributed by atoms with Gasteiger partial charge in [-0.25, -0.2) is 9.48 Å². The number of fused-ring (bicyclic) bond motifs is 1.